The Labute approximate surface area is 209 Å². The van der Waals surface area contributed by atoms with Crippen LogP contribution in [0.4, 0.5) is 4.39 Å². The number of rotatable bonds is 8. The highest BCUT2D eigenvalue weighted by Crippen LogP contribution is 2.41. The molecule has 1 heterocycles. The van der Waals surface area contributed by atoms with Crippen LogP contribution in [0.1, 0.15) is 42.0 Å². The van der Waals surface area contributed by atoms with Crippen LogP contribution in [-0.2, 0) is 4.79 Å². The van der Waals surface area contributed by atoms with E-state index in [1.165, 1.54) is 28.5 Å². The first-order valence-corrected chi connectivity index (χ1v) is 12.1. The first kappa shape index (κ1) is 23.8. The number of halogens is 1. The summed E-state index contributed by atoms with van der Waals surface area (Å²) in [5.74, 6) is -0.705. The molecule has 6 heteroatoms. The minimum absolute atomic E-state index is 0.112. The molecule has 2 N–H and O–H groups in total. The molecule has 0 aromatic heterocycles. The topological polar surface area (TPSA) is 67.8 Å². The number of carboxylic acids is 1. The largest absolute Gasteiger partial charge is 0.489 e. The summed E-state index contributed by atoms with van der Waals surface area (Å²) in [4.78, 5) is 10.9. The standard InChI is InChI=1S/C30H28FNO4/c1-19(25-11-6-8-20-7-2-3-9-26(20)25)32-17-24-16-28(27-10-4-5-12-29(27)36-24)21-13-22(31)15-23(14-21)35-18-30(33)34/h2-15,19,24,28,32H,16-18H2,1H3,(H,33,34)/t19?,24-,28+/m1/s1. The molecule has 0 spiro atoms. The zero-order valence-electron chi connectivity index (χ0n) is 20.0. The molecular weight excluding hydrogens is 457 g/mol. The van der Waals surface area contributed by atoms with Gasteiger partial charge in [0.05, 0.1) is 0 Å². The second kappa shape index (κ2) is 10.4. The van der Waals surface area contributed by atoms with Crippen LogP contribution in [0.5, 0.6) is 11.5 Å². The molecular formula is C30H28FNO4. The van der Waals surface area contributed by atoms with E-state index in [0.29, 0.717) is 13.0 Å². The molecule has 1 aliphatic heterocycles. The van der Waals surface area contributed by atoms with Gasteiger partial charge in [-0.05, 0) is 53.4 Å². The zero-order chi connectivity index (χ0) is 25.1. The fourth-order valence-corrected chi connectivity index (χ4v) is 4.99. The predicted octanol–water partition coefficient (Wildman–Crippen LogP) is 6.08. The number of ether oxygens (including phenoxy) is 2. The Kier molecular flexibility index (Phi) is 6.87. The van der Waals surface area contributed by atoms with E-state index in [1.807, 2.05) is 30.3 Å². The summed E-state index contributed by atoms with van der Waals surface area (Å²) < 4.78 is 26.1. The third kappa shape index (κ3) is 5.19. The van der Waals surface area contributed by atoms with E-state index < -0.39 is 18.4 Å². The van der Waals surface area contributed by atoms with E-state index in [1.54, 1.807) is 6.07 Å². The van der Waals surface area contributed by atoms with Gasteiger partial charge in [-0.2, -0.15) is 0 Å². The van der Waals surface area contributed by atoms with Gasteiger partial charge >= 0.3 is 5.97 Å². The predicted molar refractivity (Wildman–Crippen MR) is 137 cm³/mol. The molecule has 0 saturated carbocycles. The molecule has 0 fully saturated rings. The Balaban J connectivity index is 1.37. The fourth-order valence-electron chi connectivity index (χ4n) is 4.99. The summed E-state index contributed by atoms with van der Waals surface area (Å²) in [6.45, 7) is 2.24. The summed E-state index contributed by atoms with van der Waals surface area (Å²) in [6, 6.07) is 27.0. The summed E-state index contributed by atoms with van der Waals surface area (Å²) in [5.41, 5.74) is 2.94. The van der Waals surface area contributed by atoms with Gasteiger partial charge in [-0.15, -0.1) is 0 Å². The van der Waals surface area contributed by atoms with Gasteiger partial charge in [0.2, 0.25) is 0 Å². The highest BCUT2D eigenvalue weighted by molar-refractivity contribution is 5.86. The third-order valence-electron chi connectivity index (χ3n) is 6.69. The van der Waals surface area contributed by atoms with E-state index in [4.69, 9.17) is 14.6 Å². The smallest absolute Gasteiger partial charge is 0.341 e. The monoisotopic (exact) mass is 485 g/mol. The zero-order valence-corrected chi connectivity index (χ0v) is 20.0. The number of para-hydroxylation sites is 1. The number of fused-ring (bicyclic) bond motifs is 2. The van der Waals surface area contributed by atoms with Crippen LogP contribution in [0.3, 0.4) is 0 Å². The van der Waals surface area contributed by atoms with Crippen molar-refractivity contribution in [1.82, 2.24) is 5.32 Å². The lowest BCUT2D eigenvalue weighted by Crippen LogP contribution is -2.37. The number of carboxylic acid groups (broad SMARTS) is 1. The fraction of sp³-hybridized carbons (Fsp3) is 0.233. The lowest BCUT2D eigenvalue weighted by molar-refractivity contribution is -0.139. The van der Waals surface area contributed by atoms with Crippen molar-refractivity contribution in [2.45, 2.75) is 31.4 Å². The normalized spacial score (nSPS) is 17.7. The molecule has 4 aromatic carbocycles. The van der Waals surface area contributed by atoms with Gasteiger partial charge in [-0.1, -0.05) is 60.7 Å². The van der Waals surface area contributed by atoms with Gasteiger partial charge < -0.3 is 19.9 Å². The van der Waals surface area contributed by atoms with E-state index in [0.717, 1.165) is 16.9 Å². The molecule has 0 radical (unpaired) electrons. The van der Waals surface area contributed by atoms with Gasteiger partial charge in [0.25, 0.3) is 0 Å². The number of hydrogen-bond acceptors (Lipinski definition) is 4. The van der Waals surface area contributed by atoms with E-state index >= 15 is 0 Å². The highest BCUT2D eigenvalue weighted by Gasteiger charge is 2.30. The van der Waals surface area contributed by atoms with Crippen LogP contribution in [0.2, 0.25) is 0 Å². The molecule has 0 aliphatic carbocycles. The maximum absolute atomic E-state index is 14.5. The van der Waals surface area contributed by atoms with Crippen LogP contribution in [0.15, 0.2) is 84.9 Å². The van der Waals surface area contributed by atoms with Crippen molar-refractivity contribution < 1.29 is 23.8 Å². The second-order valence-corrected chi connectivity index (χ2v) is 9.17. The molecule has 4 aromatic rings. The lowest BCUT2D eigenvalue weighted by atomic mass is 9.84. The molecule has 1 unspecified atom stereocenters. The Morgan fingerprint density at radius 2 is 1.86 bits per heavy atom. The van der Waals surface area contributed by atoms with E-state index in [9.17, 15) is 9.18 Å². The van der Waals surface area contributed by atoms with Crippen molar-refractivity contribution in [1.29, 1.82) is 0 Å². The first-order chi connectivity index (χ1) is 17.5. The minimum Gasteiger partial charge on any atom is -0.489 e. The third-order valence-corrected chi connectivity index (χ3v) is 6.69. The Hall–Kier alpha value is -3.90. The summed E-state index contributed by atoms with van der Waals surface area (Å²) in [7, 11) is 0. The quantitative estimate of drug-likeness (QED) is 0.317. The molecule has 184 valence electrons. The number of hydrogen-bond donors (Lipinski definition) is 2. The van der Waals surface area contributed by atoms with Crippen molar-refractivity contribution in [3.05, 3.63) is 107 Å². The van der Waals surface area contributed by atoms with Crippen LogP contribution in [0.25, 0.3) is 10.8 Å². The Morgan fingerprint density at radius 1 is 1.08 bits per heavy atom. The van der Waals surface area contributed by atoms with Gasteiger partial charge in [-0.25, -0.2) is 9.18 Å². The summed E-state index contributed by atoms with van der Waals surface area (Å²) >= 11 is 0. The molecule has 1 aliphatic rings. The van der Waals surface area contributed by atoms with Gasteiger partial charge in [-0.3, -0.25) is 0 Å². The van der Waals surface area contributed by atoms with Crippen molar-refractivity contribution in [2.75, 3.05) is 13.2 Å². The summed E-state index contributed by atoms with van der Waals surface area (Å²) in [6.07, 6.45) is 0.516. The van der Waals surface area contributed by atoms with Crippen LogP contribution < -0.4 is 14.8 Å². The van der Waals surface area contributed by atoms with Gasteiger partial charge in [0.1, 0.15) is 23.4 Å². The highest BCUT2D eigenvalue weighted by atomic mass is 19.1. The molecule has 3 atom stereocenters. The second-order valence-electron chi connectivity index (χ2n) is 9.17. The average molecular weight is 486 g/mol. The Bertz CT molecular complexity index is 1380. The maximum Gasteiger partial charge on any atom is 0.341 e. The van der Waals surface area contributed by atoms with Gasteiger partial charge in [0, 0.05) is 30.1 Å². The van der Waals surface area contributed by atoms with Crippen molar-refractivity contribution in [3.63, 3.8) is 0 Å². The maximum atomic E-state index is 14.5. The molecule has 5 rings (SSSR count). The summed E-state index contributed by atoms with van der Waals surface area (Å²) in [5, 5.41) is 15.0. The number of benzene rings is 4. The van der Waals surface area contributed by atoms with Crippen molar-refractivity contribution >= 4 is 16.7 Å². The van der Waals surface area contributed by atoms with E-state index in [2.05, 4.69) is 48.6 Å². The SMILES string of the molecule is CC(NC[C@H]1C[C@@H](c2cc(F)cc(OCC(=O)O)c2)c2ccccc2O1)c1cccc2ccccc12. The van der Waals surface area contributed by atoms with Crippen LogP contribution in [0, 0.1) is 5.82 Å². The number of nitrogens with one attached hydrogen (secondary N) is 1. The van der Waals surface area contributed by atoms with Gasteiger partial charge in [0.15, 0.2) is 6.61 Å². The van der Waals surface area contributed by atoms with Crippen LogP contribution >= 0.6 is 0 Å². The Morgan fingerprint density at radius 3 is 2.72 bits per heavy atom. The molecule has 0 amide bonds. The lowest BCUT2D eigenvalue weighted by Gasteiger charge is -2.33. The molecule has 0 saturated heterocycles. The first-order valence-electron chi connectivity index (χ1n) is 12.1. The van der Waals surface area contributed by atoms with E-state index in [-0.39, 0.29) is 23.8 Å². The average Bonchev–Trinajstić information content (AvgIpc) is 2.89. The van der Waals surface area contributed by atoms with Crippen molar-refractivity contribution in [2.24, 2.45) is 0 Å². The molecule has 36 heavy (non-hydrogen) atoms. The molecule has 5 nitrogen and oxygen atoms in total. The minimum atomic E-state index is -1.11. The van der Waals surface area contributed by atoms with Crippen molar-refractivity contribution in [3.8, 4) is 11.5 Å². The molecule has 0 bridgehead atoms. The number of aliphatic carboxylic acids is 1. The van der Waals surface area contributed by atoms with Crippen LogP contribution in [-0.4, -0.2) is 30.3 Å². The number of carbonyl (C=O) groups is 1.